The minimum atomic E-state index is -0.760. The molecule has 0 unspecified atom stereocenters. The van der Waals surface area contributed by atoms with Gasteiger partial charge in [0, 0.05) is 16.6 Å². The zero-order chi connectivity index (χ0) is 25.6. The van der Waals surface area contributed by atoms with E-state index in [1.807, 2.05) is 6.07 Å². The fraction of sp³-hybridized carbons (Fsp3) is 0.0882. The number of nitrogens with zero attached hydrogens (tertiary/aromatic N) is 1. The van der Waals surface area contributed by atoms with Crippen molar-refractivity contribution in [1.29, 1.82) is 0 Å². The maximum absolute atomic E-state index is 5.22. The van der Waals surface area contributed by atoms with Gasteiger partial charge in [0.15, 0.2) is 0 Å². The highest BCUT2D eigenvalue weighted by atomic mass is 31.1. The van der Waals surface area contributed by atoms with E-state index in [0.29, 0.717) is 0 Å². The van der Waals surface area contributed by atoms with E-state index in [1.165, 1.54) is 32.6 Å². The largest absolute Gasteiger partial charge is 0.339 e. The molecule has 5 aromatic rings. The van der Waals surface area contributed by atoms with E-state index in [4.69, 9.17) is 4.99 Å². The fourth-order valence-corrected chi connectivity index (χ4v) is 7.11. The molecule has 0 fully saturated rings. The molecule has 182 valence electrons. The first kappa shape index (κ1) is 24.7. The summed E-state index contributed by atoms with van der Waals surface area (Å²) in [4.78, 5) is 5.22. The van der Waals surface area contributed by atoms with Crippen LogP contribution in [-0.2, 0) is 0 Å². The second kappa shape index (κ2) is 11.4. The van der Waals surface area contributed by atoms with Crippen molar-refractivity contribution in [2.75, 3.05) is 5.32 Å². The lowest BCUT2D eigenvalue weighted by Gasteiger charge is -2.23. The third-order valence-corrected chi connectivity index (χ3v) is 8.83. The Balaban J connectivity index is 1.65. The molecule has 0 aliphatic carbocycles. The van der Waals surface area contributed by atoms with E-state index >= 15 is 0 Å². The Kier molecular flexibility index (Phi) is 7.59. The van der Waals surface area contributed by atoms with Gasteiger partial charge in [0.25, 0.3) is 0 Å². The van der Waals surface area contributed by atoms with Crippen molar-refractivity contribution in [1.82, 2.24) is 0 Å². The SMILES string of the molecule is Cc1cc(C)c(N=C(Nc2ccccc2P(c2ccccc2)c2ccccc2)c2ccccc2)c(C)c1. The van der Waals surface area contributed by atoms with E-state index in [0.717, 1.165) is 22.8 Å². The first-order valence-electron chi connectivity index (χ1n) is 12.6. The third kappa shape index (κ3) is 5.71. The summed E-state index contributed by atoms with van der Waals surface area (Å²) in [5, 5.41) is 7.68. The van der Waals surface area contributed by atoms with Crippen LogP contribution < -0.4 is 21.2 Å². The summed E-state index contributed by atoms with van der Waals surface area (Å²) < 4.78 is 0. The quantitative estimate of drug-likeness (QED) is 0.146. The summed E-state index contributed by atoms with van der Waals surface area (Å²) in [5.74, 6) is 0.846. The van der Waals surface area contributed by atoms with Gasteiger partial charge in [0.1, 0.15) is 5.84 Å². The molecule has 0 radical (unpaired) electrons. The number of aryl methyl sites for hydroxylation is 3. The summed E-state index contributed by atoms with van der Waals surface area (Å²) in [6.45, 7) is 6.41. The van der Waals surface area contributed by atoms with Crippen molar-refractivity contribution in [2.24, 2.45) is 4.99 Å². The fourth-order valence-electron chi connectivity index (χ4n) is 4.70. The Morgan fingerprint density at radius 2 is 1.08 bits per heavy atom. The minimum Gasteiger partial charge on any atom is -0.339 e. The molecule has 0 amide bonds. The molecule has 0 spiro atoms. The molecule has 0 aliphatic heterocycles. The molecule has 0 bridgehead atoms. The van der Waals surface area contributed by atoms with Gasteiger partial charge in [-0.3, -0.25) is 0 Å². The number of rotatable bonds is 6. The highest BCUT2D eigenvalue weighted by Crippen LogP contribution is 2.36. The number of amidine groups is 1. The van der Waals surface area contributed by atoms with Crippen LogP contribution in [-0.4, -0.2) is 5.84 Å². The van der Waals surface area contributed by atoms with Crippen molar-refractivity contribution in [3.05, 3.63) is 150 Å². The topological polar surface area (TPSA) is 24.4 Å². The predicted octanol–water partition coefficient (Wildman–Crippen LogP) is 7.56. The van der Waals surface area contributed by atoms with E-state index < -0.39 is 7.92 Å². The van der Waals surface area contributed by atoms with Crippen molar-refractivity contribution in [3.63, 3.8) is 0 Å². The molecular formula is C34H31N2P. The van der Waals surface area contributed by atoms with Gasteiger partial charge in [-0.15, -0.1) is 0 Å². The van der Waals surface area contributed by atoms with Crippen LogP contribution in [0.2, 0.25) is 0 Å². The maximum atomic E-state index is 5.22. The molecule has 3 heteroatoms. The Hall–Kier alpha value is -4.00. The Labute approximate surface area is 221 Å². The van der Waals surface area contributed by atoms with E-state index in [2.05, 4.69) is 147 Å². The number of aliphatic imine (C=N–C) groups is 1. The molecule has 0 saturated carbocycles. The first-order valence-corrected chi connectivity index (χ1v) is 13.9. The van der Waals surface area contributed by atoms with E-state index in [1.54, 1.807) is 0 Å². The van der Waals surface area contributed by atoms with Gasteiger partial charge in [-0.2, -0.15) is 0 Å². The Bertz CT molecular complexity index is 1450. The zero-order valence-corrected chi connectivity index (χ0v) is 22.4. The van der Waals surface area contributed by atoms with Gasteiger partial charge in [-0.1, -0.05) is 127 Å². The summed E-state index contributed by atoms with van der Waals surface area (Å²) in [7, 11) is -0.760. The second-order valence-electron chi connectivity index (χ2n) is 9.22. The van der Waals surface area contributed by atoms with Gasteiger partial charge in [-0.05, 0) is 56.5 Å². The van der Waals surface area contributed by atoms with Crippen molar-refractivity contribution in [2.45, 2.75) is 20.8 Å². The molecule has 0 atom stereocenters. The molecule has 37 heavy (non-hydrogen) atoms. The van der Waals surface area contributed by atoms with Crippen LogP contribution in [0, 0.1) is 20.8 Å². The van der Waals surface area contributed by atoms with Gasteiger partial charge >= 0.3 is 0 Å². The van der Waals surface area contributed by atoms with Crippen LogP contribution in [0.1, 0.15) is 22.3 Å². The van der Waals surface area contributed by atoms with Crippen molar-refractivity contribution >= 4 is 41.0 Å². The summed E-state index contributed by atoms with van der Waals surface area (Å²) in [6.07, 6.45) is 0. The summed E-state index contributed by atoms with van der Waals surface area (Å²) in [5.41, 5.74) is 6.76. The molecule has 5 rings (SSSR count). The number of anilines is 1. The molecule has 0 aromatic heterocycles. The van der Waals surface area contributed by atoms with Gasteiger partial charge < -0.3 is 5.32 Å². The average molecular weight is 499 g/mol. The van der Waals surface area contributed by atoms with Crippen molar-refractivity contribution in [3.8, 4) is 0 Å². The molecular weight excluding hydrogens is 467 g/mol. The third-order valence-electron chi connectivity index (χ3n) is 6.33. The smallest absolute Gasteiger partial charge is 0.138 e. The number of hydrogen-bond donors (Lipinski definition) is 1. The van der Waals surface area contributed by atoms with Crippen LogP contribution in [0.4, 0.5) is 11.4 Å². The van der Waals surface area contributed by atoms with Crippen molar-refractivity contribution < 1.29 is 0 Å². The van der Waals surface area contributed by atoms with Crippen LogP contribution >= 0.6 is 7.92 Å². The van der Waals surface area contributed by atoms with Crippen LogP contribution in [0.3, 0.4) is 0 Å². The standard InChI is InChI=1S/C34H31N2P/c1-25-23-26(2)33(27(3)24-25)36-34(28-15-7-4-8-16-28)35-31-21-13-14-22-32(31)37(29-17-9-5-10-18-29)30-19-11-6-12-20-30/h4-24H,1-3H3,(H,35,36). The Morgan fingerprint density at radius 3 is 1.65 bits per heavy atom. The zero-order valence-electron chi connectivity index (χ0n) is 21.5. The summed E-state index contributed by atoms with van der Waals surface area (Å²) >= 11 is 0. The van der Waals surface area contributed by atoms with Crippen LogP contribution in [0.15, 0.2) is 132 Å². The van der Waals surface area contributed by atoms with Gasteiger partial charge in [0.05, 0.1) is 5.69 Å². The first-order chi connectivity index (χ1) is 18.1. The lowest BCUT2D eigenvalue weighted by molar-refractivity contribution is 1.28. The molecule has 0 saturated heterocycles. The van der Waals surface area contributed by atoms with Gasteiger partial charge in [0.2, 0.25) is 0 Å². The van der Waals surface area contributed by atoms with Crippen LogP contribution in [0.5, 0.6) is 0 Å². The number of nitrogens with one attached hydrogen (secondary N) is 1. The molecule has 0 heterocycles. The summed E-state index contributed by atoms with van der Waals surface area (Å²) in [6, 6.07) is 45.1. The molecule has 0 aliphatic rings. The monoisotopic (exact) mass is 498 g/mol. The minimum absolute atomic E-state index is 0.760. The number of para-hydroxylation sites is 1. The average Bonchev–Trinajstić information content (AvgIpc) is 2.93. The molecule has 5 aromatic carbocycles. The maximum Gasteiger partial charge on any atom is 0.138 e. The molecule has 1 N–H and O–H groups in total. The van der Waals surface area contributed by atoms with E-state index in [9.17, 15) is 0 Å². The predicted molar refractivity (Wildman–Crippen MR) is 162 cm³/mol. The Morgan fingerprint density at radius 1 is 0.595 bits per heavy atom. The van der Waals surface area contributed by atoms with Crippen LogP contribution in [0.25, 0.3) is 0 Å². The number of benzene rings is 5. The normalized spacial score (nSPS) is 11.5. The van der Waals surface area contributed by atoms with E-state index in [-0.39, 0.29) is 0 Å². The number of hydrogen-bond acceptors (Lipinski definition) is 1. The van der Waals surface area contributed by atoms with Gasteiger partial charge in [-0.25, -0.2) is 4.99 Å². The second-order valence-corrected chi connectivity index (χ2v) is 11.4. The lowest BCUT2D eigenvalue weighted by Crippen LogP contribution is -2.25. The highest BCUT2D eigenvalue weighted by molar-refractivity contribution is 7.80. The lowest BCUT2D eigenvalue weighted by atomic mass is 10.1. The molecule has 2 nitrogen and oxygen atoms in total. The highest BCUT2D eigenvalue weighted by Gasteiger charge is 2.20.